The van der Waals surface area contributed by atoms with E-state index in [1.807, 2.05) is 0 Å². The molecule has 1 saturated heterocycles. The van der Waals surface area contributed by atoms with Gasteiger partial charge in [-0.2, -0.15) is 4.52 Å². The molecule has 1 aliphatic rings. The van der Waals surface area contributed by atoms with Gasteiger partial charge >= 0.3 is 6.09 Å². The predicted octanol–water partition coefficient (Wildman–Crippen LogP) is 2.81. The number of hydrogen-bond acceptors (Lipinski definition) is 7. The van der Waals surface area contributed by atoms with Crippen molar-refractivity contribution in [1.29, 1.82) is 0 Å². The zero-order valence-electron chi connectivity index (χ0n) is 16.2. The Morgan fingerprint density at radius 1 is 1.31 bits per heavy atom. The molecule has 0 unspecified atom stereocenters. The van der Waals surface area contributed by atoms with E-state index in [2.05, 4.69) is 15.0 Å². The van der Waals surface area contributed by atoms with Gasteiger partial charge in [-0.05, 0) is 19.9 Å². The fraction of sp³-hybridized carbons (Fsp3) is 0.421. The zero-order chi connectivity index (χ0) is 20.5. The lowest BCUT2D eigenvalue weighted by Gasteiger charge is -2.38. The number of fused-ring (bicyclic) bond motifs is 1. The summed E-state index contributed by atoms with van der Waals surface area (Å²) in [5.74, 6) is 0.176. The number of piperazine rings is 1. The third kappa shape index (κ3) is 3.65. The van der Waals surface area contributed by atoms with E-state index >= 15 is 0 Å². The maximum Gasteiger partial charge on any atom is 0.409 e. The Balaban J connectivity index is 1.69. The molecule has 3 heterocycles. The van der Waals surface area contributed by atoms with Crippen LogP contribution in [-0.4, -0.2) is 68.4 Å². The largest absolute Gasteiger partial charge is 0.492 e. The molecule has 1 fully saturated rings. The van der Waals surface area contributed by atoms with Crippen molar-refractivity contribution < 1.29 is 19.0 Å². The summed E-state index contributed by atoms with van der Waals surface area (Å²) in [5.41, 5.74) is 0.466. The van der Waals surface area contributed by atoms with Crippen molar-refractivity contribution in [2.75, 3.05) is 32.8 Å². The highest BCUT2D eigenvalue weighted by atomic mass is 32.1. The van der Waals surface area contributed by atoms with Crippen molar-refractivity contribution in [2.24, 2.45) is 0 Å². The lowest BCUT2D eigenvalue weighted by Crippen LogP contribution is -2.50. The van der Waals surface area contributed by atoms with Crippen molar-refractivity contribution in [3.8, 4) is 5.88 Å². The lowest BCUT2D eigenvalue weighted by molar-refractivity contribution is 0.0710. The molecule has 0 radical (unpaired) electrons. The van der Waals surface area contributed by atoms with Crippen molar-refractivity contribution >= 4 is 22.4 Å². The second-order valence-corrected chi connectivity index (χ2v) is 7.80. The molecule has 0 spiro atoms. The number of nitrogens with zero attached hydrogens (tertiary/aromatic N) is 5. The summed E-state index contributed by atoms with van der Waals surface area (Å²) in [4.78, 5) is 21.2. The molecular formula is C19H22FN5O3S. The molecule has 29 heavy (non-hydrogen) atoms. The quantitative estimate of drug-likeness (QED) is 0.700. The molecule has 1 aliphatic heterocycles. The molecule has 1 amide bonds. The number of rotatable bonds is 4. The maximum absolute atomic E-state index is 14.7. The van der Waals surface area contributed by atoms with Gasteiger partial charge in [0, 0.05) is 31.7 Å². The third-order valence-electron chi connectivity index (χ3n) is 4.96. The SMILES string of the molecule is CCOC(=O)N1CCN([C@H](c2ccccc2F)c2sc3nc(C)nn3c2O)CC1. The summed E-state index contributed by atoms with van der Waals surface area (Å²) in [6.45, 7) is 5.81. The Morgan fingerprint density at radius 2 is 2.03 bits per heavy atom. The van der Waals surface area contributed by atoms with Crippen LogP contribution in [-0.2, 0) is 4.74 Å². The van der Waals surface area contributed by atoms with Crippen LogP contribution in [0, 0.1) is 12.7 Å². The summed E-state index contributed by atoms with van der Waals surface area (Å²) in [5, 5.41) is 15.0. The fourth-order valence-electron chi connectivity index (χ4n) is 3.60. The van der Waals surface area contributed by atoms with Gasteiger partial charge in [0.2, 0.25) is 10.8 Å². The molecule has 4 rings (SSSR count). The van der Waals surface area contributed by atoms with E-state index in [9.17, 15) is 14.3 Å². The number of ether oxygens (including phenoxy) is 1. The Kier molecular flexibility index (Phi) is 5.37. The number of amides is 1. The first-order valence-electron chi connectivity index (χ1n) is 9.44. The molecule has 1 atom stereocenters. The van der Waals surface area contributed by atoms with Crippen LogP contribution < -0.4 is 0 Å². The predicted molar refractivity (Wildman–Crippen MR) is 106 cm³/mol. The van der Waals surface area contributed by atoms with Crippen molar-refractivity contribution in [3.63, 3.8) is 0 Å². The minimum atomic E-state index is -0.505. The number of aryl methyl sites for hydroxylation is 1. The molecule has 1 aromatic carbocycles. The molecule has 0 saturated carbocycles. The normalized spacial score (nSPS) is 16.3. The monoisotopic (exact) mass is 419 g/mol. The number of benzene rings is 1. The standard InChI is InChI=1S/C19H22FN5O3S/c1-3-28-19(27)24-10-8-23(9-11-24)15(13-6-4-5-7-14(13)20)16-17(26)25-18(29-16)21-12(2)22-25/h4-7,15,26H,3,8-11H2,1-2H3/t15-/m1/s1. The number of carbonyl (C=O) groups is 1. The van der Waals surface area contributed by atoms with Gasteiger partial charge < -0.3 is 14.7 Å². The Labute approximate surface area is 171 Å². The molecule has 8 nitrogen and oxygen atoms in total. The topological polar surface area (TPSA) is 83.2 Å². The Morgan fingerprint density at radius 3 is 2.69 bits per heavy atom. The van der Waals surface area contributed by atoms with Gasteiger partial charge in [-0.3, -0.25) is 4.90 Å². The van der Waals surface area contributed by atoms with Crippen molar-refractivity contribution in [1.82, 2.24) is 24.4 Å². The van der Waals surface area contributed by atoms with Gasteiger partial charge in [-0.25, -0.2) is 14.2 Å². The van der Waals surface area contributed by atoms with Crippen molar-refractivity contribution in [2.45, 2.75) is 19.9 Å². The summed E-state index contributed by atoms with van der Waals surface area (Å²) in [6, 6.07) is 6.04. The van der Waals surface area contributed by atoms with Crippen LogP contribution in [0.15, 0.2) is 24.3 Å². The van der Waals surface area contributed by atoms with E-state index < -0.39 is 6.04 Å². The number of aromatic nitrogens is 3. The molecule has 0 aliphatic carbocycles. The summed E-state index contributed by atoms with van der Waals surface area (Å²) < 4.78 is 21.2. The summed E-state index contributed by atoms with van der Waals surface area (Å²) in [7, 11) is 0. The fourth-order valence-corrected chi connectivity index (χ4v) is 4.76. The molecule has 1 N–H and O–H groups in total. The van der Waals surface area contributed by atoms with E-state index in [-0.39, 0.29) is 17.8 Å². The van der Waals surface area contributed by atoms with E-state index in [0.717, 1.165) is 0 Å². The number of carbonyl (C=O) groups excluding carboxylic acids is 1. The molecule has 2 aromatic heterocycles. The summed E-state index contributed by atoms with van der Waals surface area (Å²) in [6.07, 6.45) is -0.341. The van der Waals surface area contributed by atoms with Crippen LogP contribution in [0.1, 0.15) is 29.2 Å². The van der Waals surface area contributed by atoms with E-state index in [4.69, 9.17) is 4.74 Å². The highest BCUT2D eigenvalue weighted by Gasteiger charge is 2.34. The van der Waals surface area contributed by atoms with Gasteiger partial charge in [0.1, 0.15) is 11.6 Å². The summed E-state index contributed by atoms with van der Waals surface area (Å²) >= 11 is 1.29. The minimum Gasteiger partial charge on any atom is -0.492 e. The molecule has 0 bridgehead atoms. The minimum absolute atomic E-state index is 0.0355. The van der Waals surface area contributed by atoms with Gasteiger partial charge in [0.15, 0.2) is 0 Å². The van der Waals surface area contributed by atoms with Gasteiger partial charge in [-0.15, -0.1) is 5.10 Å². The Bertz CT molecular complexity index is 1030. The highest BCUT2D eigenvalue weighted by molar-refractivity contribution is 7.17. The first-order chi connectivity index (χ1) is 14.0. The van der Waals surface area contributed by atoms with Gasteiger partial charge in [0.05, 0.1) is 17.5 Å². The highest BCUT2D eigenvalue weighted by Crippen LogP contribution is 2.40. The second-order valence-electron chi connectivity index (χ2n) is 6.79. The van der Waals surface area contributed by atoms with Crippen LogP contribution in [0.5, 0.6) is 5.88 Å². The smallest absolute Gasteiger partial charge is 0.409 e. The molecular weight excluding hydrogens is 397 g/mol. The van der Waals surface area contributed by atoms with Crippen LogP contribution in [0.3, 0.4) is 0 Å². The number of halogens is 1. The third-order valence-corrected chi connectivity index (χ3v) is 6.03. The number of hydrogen-bond donors (Lipinski definition) is 1. The van der Waals surface area contributed by atoms with Crippen molar-refractivity contribution in [3.05, 3.63) is 46.3 Å². The van der Waals surface area contributed by atoms with Crippen LogP contribution in [0.25, 0.3) is 4.96 Å². The first-order valence-corrected chi connectivity index (χ1v) is 10.3. The van der Waals surface area contributed by atoms with E-state index in [1.165, 1.54) is 21.9 Å². The average molecular weight is 419 g/mol. The van der Waals surface area contributed by atoms with Crippen LogP contribution in [0.2, 0.25) is 0 Å². The second kappa shape index (κ2) is 7.96. The first kappa shape index (κ1) is 19.6. The van der Waals surface area contributed by atoms with Crippen LogP contribution >= 0.6 is 11.3 Å². The van der Waals surface area contributed by atoms with E-state index in [1.54, 1.807) is 36.9 Å². The molecule has 10 heteroatoms. The van der Waals surface area contributed by atoms with Crippen LogP contribution in [0.4, 0.5) is 9.18 Å². The van der Waals surface area contributed by atoms with Gasteiger partial charge in [-0.1, -0.05) is 29.5 Å². The lowest BCUT2D eigenvalue weighted by atomic mass is 10.0. The molecule has 154 valence electrons. The maximum atomic E-state index is 14.7. The van der Waals surface area contributed by atoms with E-state index in [0.29, 0.717) is 54.0 Å². The van der Waals surface area contributed by atoms with Gasteiger partial charge in [0.25, 0.3) is 0 Å². The number of thiazole rings is 1. The Hall–Kier alpha value is -2.72. The average Bonchev–Trinajstić information content (AvgIpc) is 3.22. The zero-order valence-corrected chi connectivity index (χ0v) is 17.0. The molecule has 3 aromatic rings. The number of aromatic hydroxyl groups is 1.